The van der Waals surface area contributed by atoms with Crippen LogP contribution in [0, 0.1) is 6.92 Å². The Kier molecular flexibility index (Phi) is 6.78. The van der Waals surface area contributed by atoms with Crippen molar-refractivity contribution in [2.45, 2.75) is 12.1 Å². The van der Waals surface area contributed by atoms with Gasteiger partial charge in [0.2, 0.25) is 5.91 Å². The molecule has 6 nitrogen and oxygen atoms in total. The van der Waals surface area contributed by atoms with E-state index in [1.807, 2.05) is 60.0 Å². The maximum atomic E-state index is 12.5. The van der Waals surface area contributed by atoms with Crippen molar-refractivity contribution in [1.82, 2.24) is 14.8 Å². The van der Waals surface area contributed by atoms with Crippen molar-refractivity contribution in [1.29, 1.82) is 0 Å². The number of carbonyl (C=O) groups excluding carboxylic acids is 1. The van der Waals surface area contributed by atoms with Crippen molar-refractivity contribution in [3.63, 3.8) is 0 Å². The van der Waals surface area contributed by atoms with Crippen LogP contribution in [0.4, 0.5) is 5.69 Å². The van der Waals surface area contributed by atoms with Crippen LogP contribution in [-0.2, 0) is 4.79 Å². The molecule has 32 heavy (non-hydrogen) atoms. The molecule has 4 rings (SSSR count). The minimum Gasteiger partial charge on any atom is -0.497 e. The van der Waals surface area contributed by atoms with E-state index in [2.05, 4.69) is 15.5 Å². The first-order valence-corrected chi connectivity index (χ1v) is 11.2. The van der Waals surface area contributed by atoms with Gasteiger partial charge in [-0.05, 0) is 67.6 Å². The van der Waals surface area contributed by atoms with Gasteiger partial charge in [-0.15, -0.1) is 10.2 Å². The number of hydrogen-bond donors (Lipinski definition) is 1. The highest BCUT2D eigenvalue weighted by Crippen LogP contribution is 2.29. The summed E-state index contributed by atoms with van der Waals surface area (Å²) in [6.07, 6.45) is 0. The van der Waals surface area contributed by atoms with Crippen LogP contribution in [0.3, 0.4) is 0 Å². The number of methoxy groups -OCH3 is 1. The molecule has 1 aromatic heterocycles. The second kappa shape index (κ2) is 9.89. The number of nitrogens with zero attached hydrogens (tertiary/aromatic N) is 3. The van der Waals surface area contributed by atoms with Gasteiger partial charge in [-0.25, -0.2) is 0 Å². The lowest BCUT2D eigenvalue weighted by Gasteiger charge is -2.11. The molecule has 3 aromatic carbocycles. The number of aryl methyl sites for hydroxylation is 1. The van der Waals surface area contributed by atoms with E-state index in [9.17, 15) is 4.79 Å². The molecule has 0 fully saturated rings. The Morgan fingerprint density at radius 1 is 1.00 bits per heavy atom. The number of ether oxygens (including phenoxy) is 1. The molecular formula is C24H21ClN4O2S. The average molecular weight is 465 g/mol. The SMILES string of the molecule is COc1ccc(-c2nnc(SCC(=O)Nc3ccc(Cl)cc3)n2-c2ccc(C)cc2)cc1. The molecule has 0 aliphatic heterocycles. The molecule has 0 bridgehead atoms. The molecule has 162 valence electrons. The van der Waals surface area contributed by atoms with Crippen molar-refractivity contribution in [2.24, 2.45) is 0 Å². The summed E-state index contributed by atoms with van der Waals surface area (Å²) in [5.41, 5.74) is 3.67. The van der Waals surface area contributed by atoms with Gasteiger partial charge >= 0.3 is 0 Å². The van der Waals surface area contributed by atoms with Crippen molar-refractivity contribution < 1.29 is 9.53 Å². The standard InChI is InChI=1S/C24H21ClN4O2S/c1-16-3-11-20(12-4-16)29-23(17-5-13-21(31-2)14-6-17)27-28-24(29)32-15-22(30)26-19-9-7-18(25)8-10-19/h3-14H,15H2,1-2H3,(H,26,30). The molecule has 0 aliphatic rings. The van der Waals surface area contributed by atoms with Crippen LogP contribution in [0.2, 0.25) is 5.02 Å². The molecule has 0 unspecified atom stereocenters. The van der Waals surface area contributed by atoms with Crippen LogP contribution in [0.15, 0.2) is 78.0 Å². The van der Waals surface area contributed by atoms with Crippen LogP contribution in [0.5, 0.6) is 5.75 Å². The van der Waals surface area contributed by atoms with Crippen LogP contribution >= 0.6 is 23.4 Å². The van der Waals surface area contributed by atoms with E-state index < -0.39 is 0 Å². The summed E-state index contributed by atoms with van der Waals surface area (Å²) in [6.45, 7) is 2.04. The topological polar surface area (TPSA) is 69.0 Å². The van der Waals surface area contributed by atoms with Crippen molar-refractivity contribution in [2.75, 3.05) is 18.2 Å². The zero-order valence-electron chi connectivity index (χ0n) is 17.6. The predicted octanol–water partition coefficient (Wildman–Crippen LogP) is 5.64. The summed E-state index contributed by atoms with van der Waals surface area (Å²) in [5, 5.41) is 12.9. The maximum Gasteiger partial charge on any atom is 0.234 e. The molecule has 0 spiro atoms. The van der Waals surface area contributed by atoms with Crippen molar-refractivity contribution >= 4 is 35.0 Å². The predicted molar refractivity (Wildman–Crippen MR) is 129 cm³/mol. The highest BCUT2D eigenvalue weighted by Gasteiger charge is 2.17. The lowest BCUT2D eigenvalue weighted by atomic mass is 10.2. The van der Waals surface area contributed by atoms with E-state index in [1.54, 1.807) is 31.4 Å². The van der Waals surface area contributed by atoms with Crippen LogP contribution in [0.25, 0.3) is 17.1 Å². The van der Waals surface area contributed by atoms with Crippen LogP contribution < -0.4 is 10.1 Å². The number of hydrogen-bond acceptors (Lipinski definition) is 5. The lowest BCUT2D eigenvalue weighted by molar-refractivity contribution is -0.113. The van der Waals surface area contributed by atoms with Gasteiger partial charge in [-0.1, -0.05) is 41.1 Å². The first kappa shape index (κ1) is 21.9. The number of halogens is 1. The summed E-state index contributed by atoms with van der Waals surface area (Å²) in [5.74, 6) is 1.51. The van der Waals surface area contributed by atoms with Gasteiger partial charge in [0.25, 0.3) is 0 Å². The van der Waals surface area contributed by atoms with Crippen LogP contribution in [-0.4, -0.2) is 33.5 Å². The molecular weight excluding hydrogens is 444 g/mol. The van der Waals surface area contributed by atoms with Gasteiger partial charge in [0.15, 0.2) is 11.0 Å². The number of benzene rings is 3. The van der Waals surface area contributed by atoms with Crippen LogP contribution in [0.1, 0.15) is 5.56 Å². The molecule has 8 heteroatoms. The van der Waals surface area contributed by atoms with Gasteiger partial charge in [0.1, 0.15) is 5.75 Å². The molecule has 0 aliphatic carbocycles. The first-order valence-electron chi connectivity index (χ1n) is 9.88. The highest BCUT2D eigenvalue weighted by molar-refractivity contribution is 7.99. The largest absolute Gasteiger partial charge is 0.497 e. The molecule has 0 radical (unpaired) electrons. The number of rotatable bonds is 7. The van der Waals surface area contributed by atoms with Gasteiger partial charge in [0.05, 0.1) is 12.9 Å². The highest BCUT2D eigenvalue weighted by atomic mass is 35.5. The monoisotopic (exact) mass is 464 g/mol. The van der Waals surface area contributed by atoms with E-state index >= 15 is 0 Å². The van der Waals surface area contributed by atoms with E-state index in [4.69, 9.17) is 16.3 Å². The number of aromatic nitrogens is 3. The second-order valence-corrected chi connectivity index (χ2v) is 8.43. The average Bonchev–Trinajstić information content (AvgIpc) is 3.24. The van der Waals surface area contributed by atoms with Gasteiger partial charge in [-0.2, -0.15) is 0 Å². The summed E-state index contributed by atoms with van der Waals surface area (Å²) in [6, 6.07) is 22.8. The fourth-order valence-corrected chi connectivity index (χ4v) is 3.96. The zero-order chi connectivity index (χ0) is 22.5. The van der Waals surface area contributed by atoms with E-state index in [0.29, 0.717) is 21.7 Å². The van der Waals surface area contributed by atoms with E-state index in [0.717, 1.165) is 22.6 Å². The Morgan fingerprint density at radius 2 is 1.69 bits per heavy atom. The zero-order valence-corrected chi connectivity index (χ0v) is 19.2. The van der Waals surface area contributed by atoms with E-state index in [-0.39, 0.29) is 11.7 Å². The Bertz CT molecular complexity index is 1210. The third kappa shape index (κ3) is 5.12. The Hall–Kier alpha value is -3.29. The molecule has 0 saturated heterocycles. The fraction of sp³-hybridized carbons (Fsp3) is 0.125. The maximum absolute atomic E-state index is 12.5. The number of amides is 1. The molecule has 0 atom stereocenters. The van der Waals surface area contributed by atoms with Crippen molar-refractivity contribution in [3.8, 4) is 22.8 Å². The second-order valence-electron chi connectivity index (χ2n) is 7.05. The number of carbonyl (C=O) groups is 1. The quantitative estimate of drug-likeness (QED) is 0.359. The summed E-state index contributed by atoms with van der Waals surface area (Å²) >= 11 is 7.23. The molecule has 4 aromatic rings. The first-order chi connectivity index (χ1) is 15.5. The normalized spacial score (nSPS) is 10.7. The fourth-order valence-electron chi connectivity index (χ4n) is 3.08. The minimum atomic E-state index is -0.137. The molecule has 1 heterocycles. The third-order valence-corrected chi connectivity index (χ3v) is 5.92. The minimum absolute atomic E-state index is 0.137. The lowest BCUT2D eigenvalue weighted by Crippen LogP contribution is -2.14. The summed E-state index contributed by atoms with van der Waals surface area (Å²) in [7, 11) is 1.63. The smallest absolute Gasteiger partial charge is 0.234 e. The summed E-state index contributed by atoms with van der Waals surface area (Å²) in [4.78, 5) is 12.5. The number of nitrogens with one attached hydrogen (secondary N) is 1. The Labute approximate surface area is 195 Å². The Morgan fingerprint density at radius 3 is 2.34 bits per heavy atom. The number of thioether (sulfide) groups is 1. The third-order valence-electron chi connectivity index (χ3n) is 4.73. The number of anilines is 1. The summed E-state index contributed by atoms with van der Waals surface area (Å²) < 4.78 is 7.22. The van der Waals surface area contributed by atoms with Gasteiger partial charge < -0.3 is 10.1 Å². The molecule has 1 N–H and O–H groups in total. The molecule has 0 saturated carbocycles. The molecule has 1 amide bonds. The van der Waals surface area contributed by atoms with Crippen molar-refractivity contribution in [3.05, 3.63) is 83.4 Å². The van der Waals surface area contributed by atoms with Gasteiger partial charge in [0, 0.05) is 22.0 Å². The van der Waals surface area contributed by atoms with Gasteiger partial charge in [-0.3, -0.25) is 9.36 Å². The van der Waals surface area contributed by atoms with E-state index in [1.165, 1.54) is 11.8 Å². The Balaban J connectivity index is 1.59.